The van der Waals surface area contributed by atoms with Crippen LogP contribution in [0.1, 0.15) is 0 Å². The molecule has 3 aromatic carbocycles. The van der Waals surface area contributed by atoms with Crippen LogP contribution < -0.4 is 30.4 Å². The molecule has 0 radical (unpaired) electrons. The molecule has 0 amide bonds. The molecule has 0 saturated carbocycles. The summed E-state index contributed by atoms with van der Waals surface area (Å²) >= 11 is 0. The Morgan fingerprint density at radius 1 is 0.703 bits per heavy atom. The molecule has 0 atom stereocenters. The SMILES string of the molecule is COc1ccc(-c2ccc(N=Nc3c(N)nc(=O)n(C)c3-c3ccc(OC)c(OC)c3)cc2)cc1OC. The van der Waals surface area contributed by atoms with Gasteiger partial charge in [0.15, 0.2) is 34.5 Å². The molecule has 0 saturated heterocycles. The molecule has 0 unspecified atom stereocenters. The first-order valence-corrected chi connectivity index (χ1v) is 11.2. The lowest BCUT2D eigenvalue weighted by atomic mass is 10.0. The second kappa shape index (κ2) is 10.8. The van der Waals surface area contributed by atoms with E-state index in [1.54, 1.807) is 46.6 Å². The maximum Gasteiger partial charge on any atom is 0.349 e. The van der Waals surface area contributed by atoms with Crippen LogP contribution >= 0.6 is 0 Å². The van der Waals surface area contributed by atoms with Crippen molar-refractivity contribution < 1.29 is 18.9 Å². The van der Waals surface area contributed by atoms with Crippen LogP contribution in [-0.4, -0.2) is 38.0 Å². The Bertz CT molecular complexity index is 1510. The quantitative estimate of drug-likeness (QED) is 0.331. The van der Waals surface area contributed by atoms with Gasteiger partial charge >= 0.3 is 5.69 Å². The summed E-state index contributed by atoms with van der Waals surface area (Å²) < 4.78 is 22.8. The van der Waals surface area contributed by atoms with Crippen molar-refractivity contribution in [2.45, 2.75) is 0 Å². The molecule has 1 aromatic heterocycles. The lowest BCUT2D eigenvalue weighted by Gasteiger charge is -2.14. The fourth-order valence-corrected chi connectivity index (χ4v) is 3.86. The van der Waals surface area contributed by atoms with Gasteiger partial charge in [-0.05, 0) is 53.6 Å². The highest BCUT2D eigenvalue weighted by Crippen LogP contribution is 2.38. The summed E-state index contributed by atoms with van der Waals surface area (Å²) in [4.78, 5) is 16.3. The Balaban J connectivity index is 1.71. The van der Waals surface area contributed by atoms with Gasteiger partial charge in [0.05, 0.1) is 39.8 Å². The Labute approximate surface area is 213 Å². The van der Waals surface area contributed by atoms with Gasteiger partial charge in [-0.3, -0.25) is 4.57 Å². The van der Waals surface area contributed by atoms with Crippen molar-refractivity contribution in [2.24, 2.45) is 17.3 Å². The van der Waals surface area contributed by atoms with Gasteiger partial charge in [-0.25, -0.2) is 4.79 Å². The van der Waals surface area contributed by atoms with Gasteiger partial charge in [0.2, 0.25) is 0 Å². The number of rotatable bonds is 8. The third kappa shape index (κ3) is 5.08. The van der Waals surface area contributed by atoms with Crippen LogP contribution in [0.5, 0.6) is 23.0 Å². The maximum atomic E-state index is 12.4. The molecular weight excluding hydrogens is 474 g/mol. The van der Waals surface area contributed by atoms with E-state index in [4.69, 9.17) is 24.7 Å². The number of nitrogens with zero attached hydrogens (tertiary/aromatic N) is 4. The number of nitrogen functional groups attached to an aromatic ring is 1. The Kier molecular flexibility index (Phi) is 7.38. The average Bonchev–Trinajstić information content (AvgIpc) is 2.93. The third-order valence-electron chi connectivity index (χ3n) is 5.81. The molecule has 0 bridgehead atoms. The first-order chi connectivity index (χ1) is 17.9. The Hall–Kier alpha value is -4.86. The molecule has 10 nitrogen and oxygen atoms in total. The highest BCUT2D eigenvalue weighted by atomic mass is 16.5. The van der Waals surface area contributed by atoms with E-state index in [0.29, 0.717) is 39.9 Å². The van der Waals surface area contributed by atoms with Crippen molar-refractivity contribution in [3.8, 4) is 45.4 Å². The summed E-state index contributed by atoms with van der Waals surface area (Å²) in [5.74, 6) is 2.32. The summed E-state index contributed by atoms with van der Waals surface area (Å²) in [6, 6.07) is 18.5. The third-order valence-corrected chi connectivity index (χ3v) is 5.81. The molecule has 0 fully saturated rings. The van der Waals surface area contributed by atoms with Crippen molar-refractivity contribution in [1.82, 2.24) is 9.55 Å². The van der Waals surface area contributed by atoms with E-state index in [9.17, 15) is 4.79 Å². The number of anilines is 1. The molecule has 190 valence electrons. The number of methoxy groups -OCH3 is 4. The highest BCUT2D eigenvalue weighted by Gasteiger charge is 2.17. The Morgan fingerprint density at radius 3 is 1.78 bits per heavy atom. The van der Waals surface area contributed by atoms with Gasteiger partial charge in [0, 0.05) is 12.6 Å². The summed E-state index contributed by atoms with van der Waals surface area (Å²) in [7, 11) is 7.88. The zero-order chi connectivity index (χ0) is 26.5. The van der Waals surface area contributed by atoms with E-state index in [0.717, 1.165) is 11.1 Å². The van der Waals surface area contributed by atoms with Crippen molar-refractivity contribution in [3.05, 3.63) is 71.1 Å². The molecule has 1 heterocycles. The first-order valence-electron chi connectivity index (χ1n) is 11.2. The number of nitrogens with two attached hydrogens (primary N) is 1. The van der Waals surface area contributed by atoms with E-state index >= 15 is 0 Å². The molecule has 2 N–H and O–H groups in total. The number of hydrogen-bond acceptors (Lipinski definition) is 9. The number of aromatic nitrogens is 2. The van der Waals surface area contributed by atoms with E-state index in [-0.39, 0.29) is 11.5 Å². The van der Waals surface area contributed by atoms with Crippen LogP contribution in [-0.2, 0) is 7.05 Å². The van der Waals surface area contributed by atoms with Crippen LogP contribution in [0.2, 0.25) is 0 Å². The van der Waals surface area contributed by atoms with E-state index < -0.39 is 5.69 Å². The van der Waals surface area contributed by atoms with Gasteiger partial charge in [-0.1, -0.05) is 18.2 Å². The van der Waals surface area contributed by atoms with Crippen molar-refractivity contribution >= 4 is 17.2 Å². The standard InChI is InChI=1S/C27H27N5O5/c1-32-25(18-9-13-21(35-3)23(15-18)37-5)24(26(28)29-27(32)33)31-30-19-10-6-16(7-11-19)17-8-12-20(34-2)22(14-17)36-4/h6-15H,1-5H3,(H2,28,29,33). The maximum absolute atomic E-state index is 12.4. The van der Waals surface area contributed by atoms with Gasteiger partial charge in [-0.2, -0.15) is 10.1 Å². The van der Waals surface area contributed by atoms with Crippen LogP contribution in [0, 0.1) is 0 Å². The number of hydrogen-bond donors (Lipinski definition) is 1. The minimum absolute atomic E-state index is 0.0291. The summed E-state index contributed by atoms with van der Waals surface area (Å²) in [5, 5.41) is 8.73. The van der Waals surface area contributed by atoms with Gasteiger partial charge in [0.1, 0.15) is 0 Å². The largest absolute Gasteiger partial charge is 0.493 e. The van der Waals surface area contributed by atoms with Gasteiger partial charge < -0.3 is 24.7 Å². The van der Waals surface area contributed by atoms with E-state index in [1.165, 1.54) is 11.7 Å². The molecule has 37 heavy (non-hydrogen) atoms. The number of benzene rings is 3. The number of ether oxygens (including phenoxy) is 4. The normalized spacial score (nSPS) is 10.9. The molecule has 0 spiro atoms. The highest BCUT2D eigenvalue weighted by molar-refractivity contribution is 5.80. The van der Waals surface area contributed by atoms with Crippen molar-refractivity contribution in [2.75, 3.05) is 34.2 Å². The average molecular weight is 502 g/mol. The summed E-state index contributed by atoms with van der Waals surface area (Å²) in [6.45, 7) is 0. The number of azo groups is 1. The summed E-state index contributed by atoms with van der Waals surface area (Å²) in [5.41, 5.74) is 9.48. The van der Waals surface area contributed by atoms with E-state index in [1.807, 2.05) is 42.5 Å². The topological polar surface area (TPSA) is 123 Å². The minimum atomic E-state index is -0.513. The smallest absolute Gasteiger partial charge is 0.349 e. The van der Waals surface area contributed by atoms with Crippen LogP contribution in [0.4, 0.5) is 17.2 Å². The van der Waals surface area contributed by atoms with Crippen molar-refractivity contribution in [3.63, 3.8) is 0 Å². The lowest BCUT2D eigenvalue weighted by Crippen LogP contribution is -2.23. The molecular formula is C27H27N5O5. The van der Waals surface area contributed by atoms with Gasteiger partial charge in [-0.15, -0.1) is 5.11 Å². The zero-order valence-corrected chi connectivity index (χ0v) is 21.2. The molecule has 4 rings (SSSR count). The minimum Gasteiger partial charge on any atom is -0.493 e. The molecule has 0 aliphatic carbocycles. The predicted octanol–water partition coefficient (Wildman–Crippen LogP) is 5.15. The fraction of sp³-hybridized carbons (Fsp3) is 0.185. The van der Waals surface area contributed by atoms with Crippen LogP contribution in [0.15, 0.2) is 75.7 Å². The molecule has 4 aromatic rings. The summed E-state index contributed by atoms with van der Waals surface area (Å²) in [6.07, 6.45) is 0. The molecule has 0 aliphatic rings. The Morgan fingerprint density at radius 2 is 1.22 bits per heavy atom. The van der Waals surface area contributed by atoms with Crippen LogP contribution in [0.3, 0.4) is 0 Å². The first kappa shape index (κ1) is 25.2. The monoisotopic (exact) mass is 501 g/mol. The zero-order valence-electron chi connectivity index (χ0n) is 21.2. The fourth-order valence-electron chi connectivity index (χ4n) is 3.86. The second-order valence-electron chi connectivity index (χ2n) is 7.92. The van der Waals surface area contributed by atoms with Crippen molar-refractivity contribution in [1.29, 1.82) is 0 Å². The van der Waals surface area contributed by atoms with Gasteiger partial charge in [0.25, 0.3) is 0 Å². The van der Waals surface area contributed by atoms with Crippen LogP contribution in [0.25, 0.3) is 22.4 Å². The predicted molar refractivity (Wildman–Crippen MR) is 142 cm³/mol. The van der Waals surface area contributed by atoms with E-state index in [2.05, 4.69) is 15.2 Å². The second-order valence-corrected chi connectivity index (χ2v) is 7.92. The molecule has 10 heteroatoms. The lowest BCUT2D eigenvalue weighted by molar-refractivity contribution is 0.355. The molecule has 0 aliphatic heterocycles.